The lowest BCUT2D eigenvalue weighted by Gasteiger charge is -2.39. The first kappa shape index (κ1) is 40.5. The predicted molar refractivity (Wildman–Crippen MR) is 263 cm³/mol. The van der Waals surface area contributed by atoms with Crippen molar-refractivity contribution in [2.45, 2.75) is 112 Å². The maximum atomic E-state index is 8.08. The standard InChI is InChI=1S/C60H61N3O/c1-36(2)41-30-45(37(3)4)55-49(31-41)56-62(50-27-26-42(59(11,12)58(8,9)10)33-46(50)39-22-17-14-18-23-39)51-25-19-24-44-47-34-43(57(5,6)7)35-48-52-32-40(38-20-15-13-16-21-38)28-29-61(52)60(64-55,53(47)48)63(56)54(44)51/h13-37H,1-12H3/q+2. The summed E-state index contributed by atoms with van der Waals surface area (Å²) in [5.74, 6) is 1.60. The Bertz CT molecular complexity index is 3230. The highest BCUT2D eigenvalue weighted by Gasteiger charge is 2.69. The summed E-state index contributed by atoms with van der Waals surface area (Å²) in [6.45, 7) is 28.1. The Labute approximate surface area is 379 Å². The number of ether oxygens (including phenoxy) is 1. The molecule has 11 rings (SSSR count). The predicted octanol–water partition coefficient (Wildman–Crippen LogP) is 14.6. The third kappa shape index (κ3) is 5.53. The molecule has 1 atom stereocenters. The molecule has 64 heavy (non-hydrogen) atoms. The number of fused-ring (bicyclic) bond motifs is 5. The first-order valence-electron chi connectivity index (χ1n) is 23.4. The van der Waals surface area contributed by atoms with Crippen LogP contribution in [-0.4, -0.2) is 4.57 Å². The maximum Gasteiger partial charge on any atom is 0.499 e. The number of pyridine rings is 1. The summed E-state index contributed by atoms with van der Waals surface area (Å²) >= 11 is 0. The van der Waals surface area contributed by atoms with E-state index in [1.165, 1.54) is 72.3 Å². The number of hydrogen-bond acceptors (Lipinski definition) is 1. The molecule has 0 radical (unpaired) electrons. The van der Waals surface area contributed by atoms with Gasteiger partial charge >= 0.3 is 11.7 Å². The Morgan fingerprint density at radius 2 is 1.23 bits per heavy atom. The van der Waals surface area contributed by atoms with E-state index in [9.17, 15) is 0 Å². The monoisotopic (exact) mass is 839 g/mol. The van der Waals surface area contributed by atoms with Crippen LogP contribution in [0, 0.1) is 5.41 Å². The molecular weight excluding hydrogens is 779 g/mol. The van der Waals surface area contributed by atoms with Crippen molar-refractivity contribution in [3.05, 3.63) is 167 Å². The van der Waals surface area contributed by atoms with Gasteiger partial charge in [-0.25, -0.2) is 0 Å². The summed E-state index contributed by atoms with van der Waals surface area (Å²) in [6, 6.07) is 50.5. The van der Waals surface area contributed by atoms with Gasteiger partial charge in [0, 0.05) is 28.8 Å². The summed E-state index contributed by atoms with van der Waals surface area (Å²) in [5, 5.41) is 0. The average Bonchev–Trinajstić information content (AvgIpc) is 3.77. The number of hydrogen-bond donors (Lipinski definition) is 0. The van der Waals surface area contributed by atoms with Gasteiger partial charge in [-0.3, -0.25) is 0 Å². The second-order valence-electron chi connectivity index (χ2n) is 21.9. The largest absolute Gasteiger partial charge is 0.499 e. The van der Waals surface area contributed by atoms with Crippen LogP contribution in [0.4, 0.5) is 0 Å². The van der Waals surface area contributed by atoms with Crippen molar-refractivity contribution in [2.24, 2.45) is 5.41 Å². The van der Waals surface area contributed by atoms with E-state index in [0.29, 0.717) is 5.92 Å². The van der Waals surface area contributed by atoms with E-state index in [0.717, 1.165) is 34.0 Å². The topological polar surface area (TPSA) is 21.9 Å². The highest BCUT2D eigenvalue weighted by molar-refractivity contribution is 5.98. The van der Waals surface area contributed by atoms with Gasteiger partial charge in [0.1, 0.15) is 16.8 Å². The van der Waals surface area contributed by atoms with E-state index in [1.807, 2.05) is 0 Å². The zero-order valence-electron chi connectivity index (χ0n) is 39.7. The van der Waals surface area contributed by atoms with Crippen molar-refractivity contribution in [2.75, 3.05) is 0 Å². The third-order valence-electron chi connectivity index (χ3n) is 15.3. The fourth-order valence-corrected chi connectivity index (χ4v) is 10.6. The summed E-state index contributed by atoms with van der Waals surface area (Å²) in [4.78, 5) is 0. The molecule has 320 valence electrons. The molecule has 8 aromatic rings. The van der Waals surface area contributed by atoms with Gasteiger partial charge in [-0.05, 0) is 109 Å². The van der Waals surface area contributed by atoms with Crippen molar-refractivity contribution in [1.82, 2.24) is 4.57 Å². The van der Waals surface area contributed by atoms with Crippen LogP contribution in [0.25, 0.3) is 72.7 Å². The van der Waals surface area contributed by atoms with Crippen molar-refractivity contribution in [3.63, 3.8) is 0 Å². The van der Waals surface area contributed by atoms with E-state index >= 15 is 0 Å². The lowest BCUT2D eigenvalue weighted by molar-refractivity contribution is -0.997. The highest BCUT2D eigenvalue weighted by Crippen LogP contribution is 2.56. The Balaban J connectivity index is 1.35. The van der Waals surface area contributed by atoms with Gasteiger partial charge in [0.05, 0.1) is 5.56 Å². The summed E-state index contributed by atoms with van der Waals surface area (Å²) in [6.07, 6.45) is 2.30. The van der Waals surface area contributed by atoms with Gasteiger partial charge in [-0.2, -0.15) is 4.57 Å². The molecule has 2 aromatic heterocycles. The van der Waals surface area contributed by atoms with Crippen LogP contribution in [0.2, 0.25) is 0 Å². The van der Waals surface area contributed by atoms with Crippen LogP contribution in [0.15, 0.2) is 140 Å². The SMILES string of the molecule is CC(C)c1cc2c(c(C(C)C)c1)OC13c4c(cc(C(C)(C)C)cc4-c4cc(-c5ccccc5)cc[n+]41)-c1cccc4c1[n+]3c-2n4-c1ccc(C(C)(C)C(C)(C)C)cc1-c1ccccc1. The first-order valence-corrected chi connectivity index (χ1v) is 23.4. The van der Waals surface area contributed by atoms with Crippen LogP contribution in [0.5, 0.6) is 5.75 Å². The maximum absolute atomic E-state index is 8.08. The number of imidazole rings is 1. The average molecular weight is 840 g/mol. The minimum Gasteiger partial charge on any atom is -0.392 e. The van der Waals surface area contributed by atoms with E-state index in [-0.39, 0.29) is 22.2 Å². The molecule has 1 spiro atoms. The normalized spacial score (nSPS) is 16.0. The third-order valence-corrected chi connectivity index (χ3v) is 15.3. The molecule has 0 amide bonds. The molecule has 5 heterocycles. The van der Waals surface area contributed by atoms with Crippen molar-refractivity contribution in [3.8, 4) is 67.5 Å². The zero-order valence-corrected chi connectivity index (χ0v) is 39.7. The smallest absolute Gasteiger partial charge is 0.392 e. The van der Waals surface area contributed by atoms with Crippen LogP contribution >= 0.6 is 0 Å². The molecule has 3 aliphatic rings. The molecule has 1 unspecified atom stereocenters. The Kier molecular flexibility index (Phi) is 8.63. The number of para-hydroxylation sites is 1. The van der Waals surface area contributed by atoms with Gasteiger partial charge in [0.2, 0.25) is 5.69 Å². The minimum atomic E-state index is -1.05. The highest BCUT2D eigenvalue weighted by atomic mass is 16.5. The quantitative estimate of drug-likeness (QED) is 0.153. The second-order valence-corrected chi connectivity index (χ2v) is 21.9. The fraction of sp³-hybridized carbons (Fsp3) is 0.300. The van der Waals surface area contributed by atoms with Crippen molar-refractivity contribution < 1.29 is 13.9 Å². The van der Waals surface area contributed by atoms with Crippen LogP contribution in [0.3, 0.4) is 0 Å². The Morgan fingerprint density at radius 3 is 1.89 bits per heavy atom. The van der Waals surface area contributed by atoms with Crippen molar-refractivity contribution in [1.29, 1.82) is 0 Å². The number of aromatic nitrogens is 3. The van der Waals surface area contributed by atoms with Crippen molar-refractivity contribution >= 4 is 11.0 Å². The van der Waals surface area contributed by atoms with E-state index < -0.39 is 5.85 Å². The van der Waals surface area contributed by atoms with Gasteiger partial charge in [-0.1, -0.05) is 162 Å². The zero-order chi connectivity index (χ0) is 44.8. The van der Waals surface area contributed by atoms with Crippen LogP contribution in [-0.2, 0) is 16.7 Å². The van der Waals surface area contributed by atoms with Crippen LogP contribution in [0.1, 0.15) is 123 Å². The molecule has 6 aromatic carbocycles. The van der Waals surface area contributed by atoms with E-state index in [1.54, 1.807) is 0 Å². The molecule has 0 N–H and O–H groups in total. The van der Waals surface area contributed by atoms with E-state index in [2.05, 4.69) is 236 Å². The molecule has 4 heteroatoms. The Morgan fingerprint density at radius 1 is 0.562 bits per heavy atom. The first-order chi connectivity index (χ1) is 30.4. The molecular formula is C60H61N3O+2. The molecule has 3 aliphatic heterocycles. The van der Waals surface area contributed by atoms with Gasteiger partial charge in [0.15, 0.2) is 23.0 Å². The lowest BCUT2D eigenvalue weighted by Crippen LogP contribution is -2.78. The second kappa shape index (κ2) is 13.6. The molecule has 0 saturated carbocycles. The minimum absolute atomic E-state index is 0.0390. The molecule has 0 bridgehead atoms. The van der Waals surface area contributed by atoms with Gasteiger partial charge < -0.3 is 4.74 Å². The summed E-state index contributed by atoms with van der Waals surface area (Å²) in [5.41, 5.74) is 20.5. The summed E-state index contributed by atoms with van der Waals surface area (Å²) in [7, 11) is 0. The molecule has 0 fully saturated rings. The van der Waals surface area contributed by atoms with Gasteiger partial charge in [-0.15, -0.1) is 9.13 Å². The lowest BCUT2D eigenvalue weighted by atomic mass is 9.65. The number of rotatable bonds is 6. The summed E-state index contributed by atoms with van der Waals surface area (Å²) < 4.78 is 15.7. The van der Waals surface area contributed by atoms with Gasteiger partial charge in [0.25, 0.3) is 0 Å². The molecule has 0 saturated heterocycles. The Hall–Kier alpha value is -6.26. The molecule has 4 nitrogen and oxygen atoms in total. The number of nitrogens with zero attached hydrogens (tertiary/aromatic N) is 3. The van der Waals surface area contributed by atoms with Crippen LogP contribution < -0.4 is 13.9 Å². The fourth-order valence-electron chi connectivity index (χ4n) is 10.6. The number of benzene rings is 6. The van der Waals surface area contributed by atoms with E-state index in [4.69, 9.17) is 4.74 Å². The molecule has 0 aliphatic carbocycles.